The predicted octanol–water partition coefficient (Wildman–Crippen LogP) is 5.51. The van der Waals surface area contributed by atoms with Gasteiger partial charge >= 0.3 is 6.18 Å². The Hall–Kier alpha value is -2.60. The van der Waals surface area contributed by atoms with Gasteiger partial charge in [-0.25, -0.2) is 0 Å². The summed E-state index contributed by atoms with van der Waals surface area (Å²) in [5.41, 5.74) is 2.63. The van der Waals surface area contributed by atoms with E-state index in [1.807, 2.05) is 32.0 Å². The number of alkyl halides is 3. The van der Waals surface area contributed by atoms with E-state index in [1.54, 1.807) is 19.1 Å². The molecule has 1 aromatic heterocycles. The number of aromatic nitrogens is 1. The Labute approximate surface area is 168 Å². The number of hydrogen-bond acceptors (Lipinski definition) is 3. The molecule has 0 bridgehead atoms. The maximum Gasteiger partial charge on any atom is 0.418 e. The van der Waals surface area contributed by atoms with E-state index in [-0.39, 0.29) is 17.2 Å². The molecule has 2 aromatic carbocycles. The molecule has 0 aliphatic rings. The maximum absolute atomic E-state index is 13.4. The quantitative estimate of drug-likeness (QED) is 0.534. The zero-order chi connectivity index (χ0) is 21.2. The Morgan fingerprint density at radius 3 is 2.55 bits per heavy atom. The van der Waals surface area contributed by atoms with Crippen LogP contribution in [0.4, 0.5) is 13.2 Å². The molecule has 3 aromatic rings. The zero-order valence-corrected chi connectivity index (χ0v) is 16.8. The molecule has 154 valence electrons. The van der Waals surface area contributed by atoms with Crippen molar-refractivity contribution < 1.29 is 18.3 Å². The van der Waals surface area contributed by atoms with Crippen molar-refractivity contribution >= 4 is 10.9 Å². The van der Waals surface area contributed by atoms with Gasteiger partial charge in [-0.15, -0.1) is 0 Å². The van der Waals surface area contributed by atoms with Gasteiger partial charge in [0, 0.05) is 17.6 Å². The van der Waals surface area contributed by atoms with Gasteiger partial charge in [0.2, 0.25) is 0 Å². The van der Waals surface area contributed by atoms with E-state index in [0.29, 0.717) is 24.2 Å². The summed E-state index contributed by atoms with van der Waals surface area (Å²) in [4.78, 5) is 4.17. The molecular weight excluding hydrogens is 377 g/mol. The number of nitrogens with zero attached hydrogens (tertiary/aromatic N) is 1. The van der Waals surface area contributed by atoms with Gasteiger partial charge in [0.15, 0.2) is 0 Å². The molecule has 29 heavy (non-hydrogen) atoms. The van der Waals surface area contributed by atoms with Crippen LogP contribution in [0.3, 0.4) is 0 Å². The Morgan fingerprint density at radius 1 is 1.10 bits per heavy atom. The van der Waals surface area contributed by atoms with E-state index >= 15 is 0 Å². The van der Waals surface area contributed by atoms with Crippen LogP contribution in [-0.4, -0.2) is 23.2 Å². The zero-order valence-electron chi connectivity index (χ0n) is 16.8. The Balaban J connectivity index is 1.73. The molecule has 0 saturated carbocycles. The first-order valence-corrected chi connectivity index (χ1v) is 9.63. The molecule has 1 unspecified atom stereocenters. The average Bonchev–Trinajstić information content (AvgIpc) is 2.65. The van der Waals surface area contributed by atoms with Gasteiger partial charge < -0.3 is 10.4 Å². The third-order valence-corrected chi connectivity index (χ3v) is 5.15. The molecule has 3 rings (SSSR count). The number of benzene rings is 2. The third kappa shape index (κ3) is 4.88. The van der Waals surface area contributed by atoms with Crippen LogP contribution in [0.25, 0.3) is 10.9 Å². The summed E-state index contributed by atoms with van der Waals surface area (Å²) in [5.74, 6) is 0.309. The molecule has 0 amide bonds. The second kappa shape index (κ2) is 8.41. The largest absolute Gasteiger partial charge is 0.508 e. The lowest BCUT2D eigenvalue weighted by Gasteiger charge is -2.18. The summed E-state index contributed by atoms with van der Waals surface area (Å²) in [6.45, 7) is 6.92. The molecule has 0 aliphatic heterocycles. The number of para-hydroxylation sites is 1. The van der Waals surface area contributed by atoms with Gasteiger partial charge in [-0.1, -0.05) is 31.2 Å². The van der Waals surface area contributed by atoms with Crippen molar-refractivity contribution in [3.63, 3.8) is 0 Å². The average molecular weight is 402 g/mol. The first kappa shape index (κ1) is 21.1. The lowest BCUT2D eigenvalue weighted by Crippen LogP contribution is -2.23. The highest BCUT2D eigenvalue weighted by atomic mass is 19.4. The summed E-state index contributed by atoms with van der Waals surface area (Å²) in [6.07, 6.45) is -3.67. The molecule has 3 nitrogen and oxygen atoms in total. The molecular formula is C23H25F3N2O. The van der Waals surface area contributed by atoms with Gasteiger partial charge in [0.05, 0.1) is 11.1 Å². The molecule has 1 atom stereocenters. The van der Waals surface area contributed by atoms with Crippen LogP contribution >= 0.6 is 0 Å². The highest BCUT2D eigenvalue weighted by Gasteiger charge is 2.33. The third-order valence-electron chi connectivity index (χ3n) is 5.15. The standard InChI is InChI=1S/C23H25F3N2O/c1-14-7-8-17(12-21(14)29)9-10-27-13-15(2)19-11-16(3)28-22-18(19)5-4-6-20(22)23(24,25)26/h4-8,11-12,15,27,29H,9-10,13H2,1-3H3. The monoisotopic (exact) mass is 402 g/mol. The van der Waals surface area contributed by atoms with Crippen LogP contribution in [0.2, 0.25) is 0 Å². The van der Waals surface area contributed by atoms with Crippen LogP contribution in [-0.2, 0) is 12.6 Å². The number of halogens is 3. The lowest BCUT2D eigenvalue weighted by atomic mass is 9.94. The molecule has 0 fully saturated rings. The minimum absolute atomic E-state index is 0.0111. The number of phenols is 1. The van der Waals surface area contributed by atoms with E-state index in [4.69, 9.17) is 0 Å². The fourth-order valence-corrected chi connectivity index (χ4v) is 3.52. The SMILES string of the molecule is Cc1cc(C(C)CNCCc2ccc(C)c(O)c2)c2cccc(C(F)(F)F)c2n1. The van der Waals surface area contributed by atoms with Crippen molar-refractivity contribution in [3.8, 4) is 5.75 Å². The fraction of sp³-hybridized carbons (Fsp3) is 0.348. The van der Waals surface area contributed by atoms with Gasteiger partial charge in [-0.3, -0.25) is 4.98 Å². The summed E-state index contributed by atoms with van der Waals surface area (Å²) in [6, 6.07) is 11.7. The number of hydrogen-bond donors (Lipinski definition) is 2. The first-order valence-electron chi connectivity index (χ1n) is 9.63. The van der Waals surface area contributed by atoms with E-state index in [2.05, 4.69) is 10.3 Å². The van der Waals surface area contributed by atoms with E-state index in [9.17, 15) is 18.3 Å². The van der Waals surface area contributed by atoms with Gasteiger partial charge in [0.25, 0.3) is 0 Å². The minimum Gasteiger partial charge on any atom is -0.508 e. The van der Waals surface area contributed by atoms with Crippen LogP contribution in [0.5, 0.6) is 5.75 Å². The Bertz CT molecular complexity index is 1010. The van der Waals surface area contributed by atoms with Crippen molar-refractivity contribution in [2.45, 2.75) is 39.3 Å². The summed E-state index contributed by atoms with van der Waals surface area (Å²) < 4.78 is 40.1. The molecule has 0 radical (unpaired) electrons. The number of nitrogens with one attached hydrogen (secondary N) is 1. The van der Waals surface area contributed by atoms with Crippen LogP contribution < -0.4 is 5.32 Å². The van der Waals surface area contributed by atoms with Crippen LogP contribution in [0.1, 0.15) is 40.8 Å². The molecule has 2 N–H and O–H groups in total. The summed E-state index contributed by atoms with van der Waals surface area (Å²) in [5, 5.41) is 13.7. The number of aromatic hydroxyl groups is 1. The summed E-state index contributed by atoms with van der Waals surface area (Å²) >= 11 is 0. The Kier molecular flexibility index (Phi) is 6.13. The number of pyridine rings is 1. The summed E-state index contributed by atoms with van der Waals surface area (Å²) in [7, 11) is 0. The Morgan fingerprint density at radius 2 is 1.86 bits per heavy atom. The minimum atomic E-state index is -4.43. The highest BCUT2D eigenvalue weighted by Crippen LogP contribution is 2.36. The number of rotatable bonds is 6. The van der Waals surface area contributed by atoms with Crippen molar-refractivity contribution in [1.29, 1.82) is 0 Å². The normalized spacial score (nSPS) is 13.0. The molecule has 0 saturated heterocycles. The number of aryl methyl sites for hydroxylation is 2. The van der Waals surface area contributed by atoms with E-state index < -0.39 is 11.7 Å². The number of phenolic OH excluding ortho intramolecular Hbond substituents is 1. The lowest BCUT2D eigenvalue weighted by molar-refractivity contribution is -0.136. The van der Waals surface area contributed by atoms with Crippen molar-refractivity contribution in [1.82, 2.24) is 10.3 Å². The predicted molar refractivity (Wildman–Crippen MR) is 109 cm³/mol. The van der Waals surface area contributed by atoms with E-state index in [0.717, 1.165) is 29.2 Å². The smallest absolute Gasteiger partial charge is 0.418 e. The number of fused-ring (bicyclic) bond motifs is 1. The van der Waals surface area contributed by atoms with Crippen molar-refractivity contribution in [2.24, 2.45) is 0 Å². The van der Waals surface area contributed by atoms with Crippen molar-refractivity contribution in [2.75, 3.05) is 13.1 Å². The molecule has 6 heteroatoms. The van der Waals surface area contributed by atoms with Gasteiger partial charge in [0.1, 0.15) is 5.75 Å². The molecule has 1 heterocycles. The molecule has 0 aliphatic carbocycles. The maximum atomic E-state index is 13.4. The fourth-order valence-electron chi connectivity index (χ4n) is 3.52. The highest BCUT2D eigenvalue weighted by molar-refractivity contribution is 5.86. The van der Waals surface area contributed by atoms with E-state index in [1.165, 1.54) is 6.07 Å². The topological polar surface area (TPSA) is 45.1 Å². The van der Waals surface area contributed by atoms with Gasteiger partial charge in [-0.2, -0.15) is 13.2 Å². The van der Waals surface area contributed by atoms with Crippen LogP contribution in [0.15, 0.2) is 42.5 Å². The first-order chi connectivity index (χ1) is 13.7. The van der Waals surface area contributed by atoms with Crippen molar-refractivity contribution in [3.05, 3.63) is 70.4 Å². The second-order valence-corrected chi connectivity index (χ2v) is 7.53. The van der Waals surface area contributed by atoms with Gasteiger partial charge in [-0.05, 0) is 67.6 Å². The molecule has 0 spiro atoms. The second-order valence-electron chi connectivity index (χ2n) is 7.53. The van der Waals surface area contributed by atoms with Crippen LogP contribution in [0, 0.1) is 13.8 Å².